The SMILES string of the molecule is C.C.Cc1c[c-]cc(C)c1OCC(O)COc1c(C)c[c-]cc1C.Cc1c[c-]cc(C)c1OCC1CO1.Cc1c[c-]cc(C)c1OCC1CO1.[Y].[Y]. The van der Waals surface area contributed by atoms with Gasteiger partial charge < -0.3 is 33.5 Å². The number of aryl methyl sites for hydroxylation is 8. The summed E-state index contributed by atoms with van der Waals surface area (Å²) in [5.41, 5.74) is 8.61. The molecule has 1 N–H and O–H groups in total. The average molecular weight is 863 g/mol. The summed E-state index contributed by atoms with van der Waals surface area (Å²) in [7, 11) is 0. The van der Waals surface area contributed by atoms with E-state index in [-0.39, 0.29) is 93.5 Å². The summed E-state index contributed by atoms with van der Waals surface area (Å²) in [6.07, 6.45) is -0.0445. The third-order valence-electron chi connectivity index (χ3n) is 7.74. The van der Waals surface area contributed by atoms with E-state index in [0.717, 1.165) is 80.7 Å². The smallest absolute Gasteiger partial charge is 0.122 e. The molecule has 0 spiro atoms. The zero-order valence-electron chi connectivity index (χ0n) is 30.6. The zero-order valence-corrected chi connectivity index (χ0v) is 36.3. The van der Waals surface area contributed by atoms with Gasteiger partial charge in [0, 0.05) is 88.4 Å². The molecule has 9 heteroatoms. The van der Waals surface area contributed by atoms with Crippen molar-refractivity contribution in [1.29, 1.82) is 0 Å². The average Bonchev–Trinajstić information content (AvgIpc) is 3.97. The molecule has 2 radical (unpaired) electrons. The molecule has 2 aliphatic heterocycles. The van der Waals surface area contributed by atoms with Crippen LogP contribution < -0.4 is 18.9 Å². The van der Waals surface area contributed by atoms with Gasteiger partial charge in [0.1, 0.15) is 44.7 Å². The molecule has 6 rings (SSSR count). The van der Waals surface area contributed by atoms with Crippen LogP contribution in [-0.2, 0) is 74.9 Å². The van der Waals surface area contributed by atoms with Crippen LogP contribution in [0.1, 0.15) is 59.4 Å². The Hall–Kier alpha value is -1.83. The van der Waals surface area contributed by atoms with Crippen LogP contribution in [0.15, 0.2) is 48.5 Å². The first kappa shape index (κ1) is 50.2. The topological polar surface area (TPSA) is 82.2 Å². The first-order valence-corrected chi connectivity index (χ1v) is 16.3. The van der Waals surface area contributed by atoms with Crippen LogP contribution in [0.3, 0.4) is 0 Å². The number of rotatable bonds is 12. The van der Waals surface area contributed by atoms with Gasteiger partial charge in [0.2, 0.25) is 0 Å². The van der Waals surface area contributed by atoms with Crippen LogP contribution in [-0.4, -0.2) is 63.1 Å². The van der Waals surface area contributed by atoms with Crippen LogP contribution in [0.5, 0.6) is 23.0 Å². The van der Waals surface area contributed by atoms with Crippen molar-refractivity contribution in [2.75, 3.05) is 39.6 Å². The normalized spacial score (nSPS) is 14.6. The molecule has 2 unspecified atom stereocenters. The van der Waals surface area contributed by atoms with E-state index in [1.165, 1.54) is 0 Å². The van der Waals surface area contributed by atoms with Crippen molar-refractivity contribution in [2.45, 2.75) is 88.6 Å². The molecule has 0 aliphatic carbocycles. The molecule has 0 aromatic heterocycles. The second-order valence-corrected chi connectivity index (χ2v) is 12.4. The van der Waals surface area contributed by atoms with Gasteiger partial charge in [-0.05, 0) is 0 Å². The van der Waals surface area contributed by atoms with Crippen molar-refractivity contribution in [2.24, 2.45) is 0 Å². The fourth-order valence-electron chi connectivity index (χ4n) is 4.93. The van der Waals surface area contributed by atoms with E-state index in [4.69, 9.17) is 28.4 Å². The maximum Gasteiger partial charge on any atom is 0.122 e. The van der Waals surface area contributed by atoms with Gasteiger partial charge in [-0.1, -0.05) is 70.2 Å². The van der Waals surface area contributed by atoms with Gasteiger partial charge in [-0.2, -0.15) is 72.8 Å². The minimum atomic E-state index is -0.689. The van der Waals surface area contributed by atoms with Crippen molar-refractivity contribution >= 4 is 0 Å². The maximum absolute atomic E-state index is 10.1. The molecule has 2 aliphatic rings. The van der Waals surface area contributed by atoms with Crippen LogP contribution in [0.2, 0.25) is 0 Å². The largest absolute Gasteiger partial charge is 0.516 e. The molecular weight excluding hydrogens is 806 g/mol. The third-order valence-corrected chi connectivity index (χ3v) is 7.74. The molecule has 2 heterocycles. The summed E-state index contributed by atoms with van der Waals surface area (Å²) in [4.78, 5) is 0. The summed E-state index contributed by atoms with van der Waals surface area (Å²) in [5, 5.41) is 10.1. The summed E-state index contributed by atoms with van der Waals surface area (Å²) >= 11 is 0. The number of hydrogen-bond donors (Lipinski definition) is 1. The molecule has 2 fully saturated rings. The quantitative estimate of drug-likeness (QED) is 0.113. The number of benzene rings is 4. The number of ether oxygens (including phenoxy) is 6. The third kappa shape index (κ3) is 16.7. The van der Waals surface area contributed by atoms with Crippen LogP contribution >= 0.6 is 0 Å². The molecule has 4 aromatic carbocycles. The minimum Gasteiger partial charge on any atom is -0.516 e. The Morgan fingerprint density at radius 3 is 0.923 bits per heavy atom. The van der Waals surface area contributed by atoms with Crippen molar-refractivity contribution < 1.29 is 98.9 Å². The fraction of sp³-hybridized carbons (Fsp3) is 0.442. The van der Waals surface area contributed by atoms with Crippen LogP contribution in [0.4, 0.5) is 0 Å². The van der Waals surface area contributed by atoms with Gasteiger partial charge in [0.25, 0.3) is 0 Å². The van der Waals surface area contributed by atoms with E-state index in [1.807, 2.05) is 104 Å². The molecule has 0 bridgehead atoms. The Bertz CT molecular complexity index is 1420. The van der Waals surface area contributed by atoms with E-state index in [2.05, 4.69) is 24.3 Å². The van der Waals surface area contributed by atoms with Crippen molar-refractivity contribution in [3.05, 3.63) is 117 Å². The molecule has 7 nitrogen and oxygen atoms in total. The van der Waals surface area contributed by atoms with E-state index in [0.29, 0.717) is 25.4 Å². The molecule has 280 valence electrons. The summed E-state index contributed by atoms with van der Waals surface area (Å²) < 4.78 is 32.9. The summed E-state index contributed by atoms with van der Waals surface area (Å²) in [6.45, 7) is 19.4. The Balaban J connectivity index is 0.000000757. The van der Waals surface area contributed by atoms with E-state index >= 15 is 0 Å². The molecule has 2 saturated heterocycles. The van der Waals surface area contributed by atoms with Gasteiger partial charge in [0.05, 0.1) is 13.2 Å². The fourth-order valence-corrected chi connectivity index (χ4v) is 4.93. The molecule has 0 saturated carbocycles. The summed E-state index contributed by atoms with van der Waals surface area (Å²) in [6, 6.07) is 27.5. The molecule has 0 amide bonds. The van der Waals surface area contributed by atoms with Gasteiger partial charge in [0.15, 0.2) is 0 Å². The molecule has 4 aromatic rings. The molecule has 2 atom stereocenters. The second kappa shape index (κ2) is 25.3. The predicted molar refractivity (Wildman–Crippen MR) is 200 cm³/mol. The van der Waals surface area contributed by atoms with Crippen LogP contribution in [0, 0.1) is 79.7 Å². The Kier molecular flexibility index (Phi) is 24.4. The minimum absolute atomic E-state index is 0. The Labute approximate surface area is 364 Å². The standard InChI is InChI=1S/C19H22O3.2C11H13O2.2CH4.2Y/c1-13-7-5-8-14(2)18(13)21-11-17(20)12-22-19-15(3)9-6-10-16(19)4;2*1-8-4-3-5-9(2)11(8)13-7-10-6-12-10;;;;/h7-10,17,20H,11-12H2,1-4H3;2*4-5,10H,6-7H2,1-2H3;2*1H4;;/q-2;2*-1;;;;. The molecular formula is C43H56O7Y2-4. The summed E-state index contributed by atoms with van der Waals surface area (Å²) in [5.74, 6) is 3.57. The Morgan fingerprint density at radius 1 is 0.500 bits per heavy atom. The number of aliphatic hydroxyl groups is 1. The zero-order chi connectivity index (χ0) is 34.6. The monoisotopic (exact) mass is 862 g/mol. The van der Waals surface area contributed by atoms with Gasteiger partial charge >= 0.3 is 0 Å². The van der Waals surface area contributed by atoms with Gasteiger partial charge in [-0.15, -0.1) is 44.5 Å². The van der Waals surface area contributed by atoms with Crippen molar-refractivity contribution in [3.63, 3.8) is 0 Å². The first-order valence-electron chi connectivity index (χ1n) is 16.3. The van der Waals surface area contributed by atoms with E-state index in [1.54, 1.807) is 0 Å². The number of hydrogen-bond acceptors (Lipinski definition) is 7. The van der Waals surface area contributed by atoms with Gasteiger partial charge in [-0.25, -0.2) is 0 Å². The number of aliphatic hydroxyl groups excluding tert-OH is 1. The van der Waals surface area contributed by atoms with E-state index < -0.39 is 6.10 Å². The van der Waals surface area contributed by atoms with Crippen LogP contribution in [0.25, 0.3) is 0 Å². The predicted octanol–water partition coefficient (Wildman–Crippen LogP) is 8.37. The first-order chi connectivity index (χ1) is 23.0. The molecule has 52 heavy (non-hydrogen) atoms. The van der Waals surface area contributed by atoms with Crippen molar-refractivity contribution in [1.82, 2.24) is 0 Å². The Morgan fingerprint density at radius 2 is 0.712 bits per heavy atom. The van der Waals surface area contributed by atoms with E-state index in [9.17, 15) is 5.11 Å². The van der Waals surface area contributed by atoms with Crippen molar-refractivity contribution in [3.8, 4) is 23.0 Å². The maximum atomic E-state index is 10.1. The number of epoxide rings is 2. The van der Waals surface area contributed by atoms with Gasteiger partial charge in [-0.3, -0.25) is 0 Å². The second-order valence-electron chi connectivity index (χ2n) is 12.4.